The highest BCUT2D eigenvalue weighted by molar-refractivity contribution is 7.93. The van der Waals surface area contributed by atoms with Crippen LogP contribution in [-0.2, 0) is 15.4 Å². The molecule has 0 spiro atoms. The zero-order chi connectivity index (χ0) is 15.8. The number of benzene rings is 1. The predicted octanol–water partition coefficient (Wildman–Crippen LogP) is 3.13. The van der Waals surface area contributed by atoms with Crippen LogP contribution in [0.2, 0.25) is 0 Å². The van der Waals surface area contributed by atoms with Crippen molar-refractivity contribution in [2.24, 2.45) is 0 Å². The molecule has 0 fully saturated rings. The van der Waals surface area contributed by atoms with Gasteiger partial charge in [-0.05, 0) is 24.6 Å². The Bertz CT molecular complexity index is 759. The third-order valence-corrected chi connectivity index (χ3v) is 5.25. The first kappa shape index (κ1) is 15.8. The molecule has 0 bridgehead atoms. The van der Waals surface area contributed by atoms with Crippen LogP contribution in [0.4, 0.5) is 10.8 Å². The first-order valence-corrected chi connectivity index (χ1v) is 8.81. The van der Waals surface area contributed by atoms with E-state index in [0.717, 1.165) is 11.3 Å². The summed E-state index contributed by atoms with van der Waals surface area (Å²) >= 11 is 1.26. The molecule has 1 heterocycles. The lowest BCUT2D eigenvalue weighted by atomic mass is 9.93. The zero-order valence-electron chi connectivity index (χ0n) is 12.5. The molecule has 0 amide bonds. The number of nitrogen functional groups attached to an aromatic ring is 1. The van der Waals surface area contributed by atoms with Gasteiger partial charge in [0.1, 0.15) is 4.90 Å². The Hall–Kier alpha value is -1.60. The normalized spacial score (nSPS) is 12.4. The number of nitrogens with one attached hydrogen (secondary N) is 1. The molecule has 0 aliphatic heterocycles. The molecule has 0 aliphatic rings. The minimum Gasteiger partial charge on any atom is -0.398 e. The van der Waals surface area contributed by atoms with Crippen LogP contribution < -0.4 is 10.5 Å². The maximum Gasteiger partial charge on any atom is 0.265 e. The van der Waals surface area contributed by atoms with Crippen LogP contribution in [0.25, 0.3) is 0 Å². The van der Waals surface area contributed by atoms with E-state index in [-0.39, 0.29) is 16.0 Å². The van der Waals surface area contributed by atoms with Gasteiger partial charge in [-0.15, -0.1) is 11.3 Å². The number of nitrogens with zero attached hydrogens (tertiary/aromatic N) is 1. The fourth-order valence-corrected chi connectivity index (χ4v) is 4.05. The standard InChI is InChI=1S/C14H19N3O2S2/c1-9-5-6-11(10(15)7-9)21(18,19)17-13-16-12(8-20-13)14(2,3)4/h5-8H,15H2,1-4H3,(H,16,17). The average Bonchev–Trinajstić information content (AvgIpc) is 2.75. The molecule has 0 aliphatic carbocycles. The van der Waals surface area contributed by atoms with Crippen molar-refractivity contribution in [3.8, 4) is 0 Å². The lowest BCUT2D eigenvalue weighted by Gasteiger charge is -2.14. The van der Waals surface area contributed by atoms with Crippen molar-refractivity contribution in [2.75, 3.05) is 10.5 Å². The molecule has 0 radical (unpaired) electrons. The molecule has 7 heteroatoms. The second-order valence-corrected chi connectivity index (χ2v) is 8.44. The van der Waals surface area contributed by atoms with E-state index in [1.807, 2.05) is 33.1 Å². The molecular weight excluding hydrogens is 306 g/mol. The van der Waals surface area contributed by atoms with Gasteiger partial charge in [-0.1, -0.05) is 26.8 Å². The summed E-state index contributed by atoms with van der Waals surface area (Å²) < 4.78 is 27.2. The Kier molecular flexibility index (Phi) is 3.99. The van der Waals surface area contributed by atoms with Gasteiger partial charge in [0.2, 0.25) is 0 Å². The summed E-state index contributed by atoms with van der Waals surface area (Å²) in [5.74, 6) is 0. The third kappa shape index (κ3) is 3.54. The lowest BCUT2D eigenvalue weighted by molar-refractivity contribution is 0.573. The Morgan fingerprint density at radius 1 is 1.29 bits per heavy atom. The maximum atomic E-state index is 12.4. The second kappa shape index (κ2) is 5.31. The van der Waals surface area contributed by atoms with Crippen LogP contribution in [0.1, 0.15) is 32.0 Å². The van der Waals surface area contributed by atoms with Gasteiger partial charge in [0.25, 0.3) is 10.0 Å². The van der Waals surface area contributed by atoms with E-state index >= 15 is 0 Å². The molecule has 5 nitrogen and oxygen atoms in total. The molecule has 1 aromatic carbocycles. The minimum absolute atomic E-state index is 0.0700. The van der Waals surface area contributed by atoms with Crippen molar-refractivity contribution in [1.82, 2.24) is 4.98 Å². The van der Waals surface area contributed by atoms with E-state index in [1.54, 1.807) is 12.1 Å². The fraction of sp³-hybridized carbons (Fsp3) is 0.357. The summed E-state index contributed by atoms with van der Waals surface area (Å²) in [5, 5.41) is 2.20. The number of aromatic nitrogens is 1. The maximum absolute atomic E-state index is 12.4. The monoisotopic (exact) mass is 325 g/mol. The van der Waals surface area contributed by atoms with Gasteiger partial charge in [-0.25, -0.2) is 13.4 Å². The molecule has 114 valence electrons. The number of aryl methyl sites for hydroxylation is 1. The van der Waals surface area contributed by atoms with Crippen LogP contribution >= 0.6 is 11.3 Å². The SMILES string of the molecule is Cc1ccc(S(=O)(=O)Nc2nc(C(C)(C)C)cs2)c(N)c1. The number of sulfonamides is 1. The molecule has 1 aromatic heterocycles. The largest absolute Gasteiger partial charge is 0.398 e. The summed E-state index contributed by atoms with van der Waals surface area (Å²) in [6.45, 7) is 7.94. The summed E-state index contributed by atoms with van der Waals surface area (Å²) in [6.07, 6.45) is 0. The summed E-state index contributed by atoms with van der Waals surface area (Å²) in [4.78, 5) is 4.40. The number of nitrogens with two attached hydrogens (primary N) is 1. The minimum atomic E-state index is -3.72. The van der Waals surface area contributed by atoms with Gasteiger partial charge < -0.3 is 5.73 Å². The molecule has 2 aromatic rings. The number of hydrogen-bond acceptors (Lipinski definition) is 5. The average molecular weight is 325 g/mol. The van der Waals surface area contributed by atoms with Gasteiger partial charge in [-0.2, -0.15) is 0 Å². The molecule has 3 N–H and O–H groups in total. The van der Waals surface area contributed by atoms with Crippen molar-refractivity contribution in [2.45, 2.75) is 38.0 Å². The quantitative estimate of drug-likeness (QED) is 0.849. The van der Waals surface area contributed by atoms with Gasteiger partial charge >= 0.3 is 0 Å². The lowest BCUT2D eigenvalue weighted by Crippen LogP contribution is -2.16. The van der Waals surface area contributed by atoms with Crippen molar-refractivity contribution in [1.29, 1.82) is 0 Å². The van der Waals surface area contributed by atoms with Crippen molar-refractivity contribution in [3.63, 3.8) is 0 Å². The van der Waals surface area contributed by atoms with Gasteiger partial charge in [-0.3, -0.25) is 4.72 Å². The highest BCUT2D eigenvalue weighted by atomic mass is 32.2. The van der Waals surface area contributed by atoms with Crippen molar-refractivity contribution < 1.29 is 8.42 Å². The zero-order valence-corrected chi connectivity index (χ0v) is 14.1. The number of rotatable bonds is 3. The smallest absolute Gasteiger partial charge is 0.265 e. The highest BCUT2D eigenvalue weighted by Gasteiger charge is 2.22. The topological polar surface area (TPSA) is 85.1 Å². The number of hydrogen-bond donors (Lipinski definition) is 2. The molecule has 0 saturated heterocycles. The van der Waals surface area contributed by atoms with E-state index in [0.29, 0.717) is 5.13 Å². The van der Waals surface area contributed by atoms with E-state index in [9.17, 15) is 8.42 Å². The first-order valence-electron chi connectivity index (χ1n) is 6.44. The van der Waals surface area contributed by atoms with Gasteiger partial charge in [0.05, 0.1) is 11.4 Å². The predicted molar refractivity (Wildman–Crippen MR) is 87.2 cm³/mol. The number of anilines is 2. The van der Waals surface area contributed by atoms with Crippen molar-refractivity contribution >= 4 is 32.2 Å². The Labute approximate surface area is 129 Å². The molecule has 21 heavy (non-hydrogen) atoms. The van der Waals surface area contributed by atoms with Crippen LogP contribution in [0.15, 0.2) is 28.5 Å². The van der Waals surface area contributed by atoms with E-state index in [2.05, 4.69) is 9.71 Å². The van der Waals surface area contributed by atoms with E-state index < -0.39 is 10.0 Å². The molecule has 0 unspecified atom stereocenters. The van der Waals surface area contributed by atoms with E-state index in [4.69, 9.17) is 5.73 Å². The molecule has 0 saturated carbocycles. The van der Waals surface area contributed by atoms with Crippen LogP contribution in [0.5, 0.6) is 0 Å². The highest BCUT2D eigenvalue weighted by Crippen LogP contribution is 2.28. The van der Waals surface area contributed by atoms with Crippen LogP contribution in [-0.4, -0.2) is 13.4 Å². The summed E-state index contributed by atoms with van der Waals surface area (Å²) in [6, 6.07) is 4.86. The third-order valence-electron chi connectivity index (χ3n) is 2.95. The molecular formula is C14H19N3O2S2. The van der Waals surface area contributed by atoms with Crippen molar-refractivity contribution in [3.05, 3.63) is 34.8 Å². The van der Waals surface area contributed by atoms with Gasteiger partial charge in [0.15, 0.2) is 5.13 Å². The van der Waals surface area contributed by atoms with Gasteiger partial charge in [0, 0.05) is 10.8 Å². The first-order chi connectivity index (χ1) is 9.59. The second-order valence-electron chi connectivity index (χ2n) is 5.93. The Morgan fingerprint density at radius 3 is 2.48 bits per heavy atom. The number of thiazole rings is 1. The van der Waals surface area contributed by atoms with E-state index in [1.165, 1.54) is 17.4 Å². The fourth-order valence-electron chi connectivity index (χ4n) is 1.75. The Balaban J connectivity index is 2.31. The summed E-state index contributed by atoms with van der Waals surface area (Å²) in [5.41, 5.74) is 7.67. The van der Waals surface area contributed by atoms with Crippen LogP contribution in [0, 0.1) is 6.92 Å². The molecule has 2 rings (SSSR count). The summed E-state index contributed by atoms with van der Waals surface area (Å²) in [7, 11) is -3.72. The van der Waals surface area contributed by atoms with Crippen LogP contribution in [0.3, 0.4) is 0 Å². The Morgan fingerprint density at radius 2 is 1.95 bits per heavy atom. The molecule has 0 atom stereocenters.